The molecule has 10 heavy (non-hydrogen) atoms. The Hall–Kier alpha value is -0.0800. The van der Waals surface area contributed by atoms with Crippen LogP contribution in [-0.2, 0) is 0 Å². The molecule has 1 saturated carbocycles. The van der Waals surface area contributed by atoms with Gasteiger partial charge in [0.25, 0.3) is 0 Å². The van der Waals surface area contributed by atoms with Crippen LogP contribution in [0.2, 0.25) is 0 Å². The molecule has 0 aromatic carbocycles. The van der Waals surface area contributed by atoms with E-state index in [0.29, 0.717) is 0 Å². The summed E-state index contributed by atoms with van der Waals surface area (Å²) in [6.07, 6.45) is 3.77. The number of β-amino-alcohol motifs (C(OH)–C–C–N with tert-alkyl or cyclic N) is 1. The van der Waals surface area contributed by atoms with E-state index in [-0.39, 0.29) is 6.10 Å². The lowest BCUT2D eigenvalue weighted by Gasteiger charge is -2.26. The summed E-state index contributed by atoms with van der Waals surface area (Å²) in [6.45, 7) is 1.95. The summed E-state index contributed by atoms with van der Waals surface area (Å²) in [7, 11) is 0. The maximum Gasteiger partial charge on any atom is 0.0667 e. The van der Waals surface area contributed by atoms with Crippen LogP contribution in [0.1, 0.15) is 19.3 Å². The maximum atomic E-state index is 9.29. The highest BCUT2D eigenvalue weighted by atomic mass is 16.3. The van der Waals surface area contributed by atoms with Gasteiger partial charge in [-0.3, -0.25) is 0 Å². The Balaban J connectivity index is 1.84. The molecule has 2 N–H and O–H groups in total. The van der Waals surface area contributed by atoms with Gasteiger partial charge in [-0.2, -0.15) is 0 Å². The molecule has 0 unspecified atom stereocenters. The zero-order valence-corrected chi connectivity index (χ0v) is 6.21. The van der Waals surface area contributed by atoms with Crippen molar-refractivity contribution < 1.29 is 5.11 Å². The standard InChI is InChI=1S/C8H15NO/c10-8-3-7(4-9-5-8)6-1-2-6/h6-10H,1-5H2/t7-,8+/m1/s1. The van der Waals surface area contributed by atoms with Crippen molar-refractivity contribution in [2.75, 3.05) is 13.1 Å². The number of rotatable bonds is 1. The molecule has 2 fully saturated rings. The quantitative estimate of drug-likeness (QED) is 0.553. The number of nitrogens with one attached hydrogen (secondary N) is 1. The molecule has 58 valence electrons. The van der Waals surface area contributed by atoms with E-state index >= 15 is 0 Å². The van der Waals surface area contributed by atoms with E-state index in [1.165, 1.54) is 12.8 Å². The van der Waals surface area contributed by atoms with E-state index in [4.69, 9.17) is 0 Å². The van der Waals surface area contributed by atoms with Gasteiger partial charge in [0.2, 0.25) is 0 Å². The molecular formula is C8H15NO. The molecule has 0 aromatic heterocycles. The minimum Gasteiger partial charge on any atom is -0.392 e. The first-order valence-electron chi connectivity index (χ1n) is 4.25. The third-order valence-electron chi connectivity index (χ3n) is 2.65. The lowest BCUT2D eigenvalue weighted by molar-refractivity contribution is 0.107. The molecule has 0 spiro atoms. The number of piperidine rings is 1. The van der Waals surface area contributed by atoms with Crippen molar-refractivity contribution in [1.29, 1.82) is 0 Å². The van der Waals surface area contributed by atoms with Crippen molar-refractivity contribution in [3.63, 3.8) is 0 Å². The minimum absolute atomic E-state index is 0.0700. The average molecular weight is 141 g/mol. The summed E-state index contributed by atoms with van der Waals surface area (Å²) in [5.74, 6) is 1.73. The second-order valence-corrected chi connectivity index (χ2v) is 3.65. The van der Waals surface area contributed by atoms with Crippen molar-refractivity contribution in [2.45, 2.75) is 25.4 Å². The Kier molecular flexibility index (Phi) is 1.66. The van der Waals surface area contributed by atoms with Crippen LogP contribution in [0.3, 0.4) is 0 Å². The number of aliphatic hydroxyl groups excluding tert-OH is 1. The van der Waals surface area contributed by atoms with Gasteiger partial charge < -0.3 is 10.4 Å². The summed E-state index contributed by atoms with van der Waals surface area (Å²) in [6, 6.07) is 0. The highest BCUT2D eigenvalue weighted by Gasteiger charge is 2.33. The Morgan fingerprint density at radius 1 is 1.10 bits per heavy atom. The van der Waals surface area contributed by atoms with Crippen LogP contribution in [-0.4, -0.2) is 24.3 Å². The number of hydrogen-bond donors (Lipinski definition) is 2. The monoisotopic (exact) mass is 141 g/mol. The molecule has 1 saturated heterocycles. The smallest absolute Gasteiger partial charge is 0.0667 e. The fraction of sp³-hybridized carbons (Fsp3) is 1.00. The highest BCUT2D eigenvalue weighted by Crippen LogP contribution is 2.39. The first-order valence-corrected chi connectivity index (χ1v) is 4.25. The summed E-state index contributed by atoms with van der Waals surface area (Å²) < 4.78 is 0. The van der Waals surface area contributed by atoms with Crippen LogP contribution < -0.4 is 5.32 Å². The summed E-state index contributed by atoms with van der Waals surface area (Å²) in [5.41, 5.74) is 0. The van der Waals surface area contributed by atoms with Crippen molar-refractivity contribution >= 4 is 0 Å². The van der Waals surface area contributed by atoms with E-state index in [1.807, 2.05) is 0 Å². The first kappa shape index (κ1) is 6.62. The van der Waals surface area contributed by atoms with E-state index < -0.39 is 0 Å². The zero-order valence-electron chi connectivity index (χ0n) is 6.21. The van der Waals surface area contributed by atoms with Crippen LogP contribution in [0.15, 0.2) is 0 Å². The molecule has 0 aromatic rings. The summed E-state index contributed by atoms with van der Waals surface area (Å²) >= 11 is 0. The molecule has 1 aliphatic heterocycles. The van der Waals surface area contributed by atoms with E-state index in [9.17, 15) is 5.11 Å². The molecule has 1 heterocycles. The van der Waals surface area contributed by atoms with Crippen LogP contribution in [0.4, 0.5) is 0 Å². The highest BCUT2D eigenvalue weighted by molar-refractivity contribution is 4.87. The fourth-order valence-corrected chi connectivity index (χ4v) is 1.88. The van der Waals surface area contributed by atoms with Crippen molar-refractivity contribution in [3.8, 4) is 0 Å². The van der Waals surface area contributed by atoms with Gasteiger partial charge >= 0.3 is 0 Å². The topological polar surface area (TPSA) is 32.3 Å². The van der Waals surface area contributed by atoms with Crippen LogP contribution in [0, 0.1) is 11.8 Å². The normalized spacial score (nSPS) is 41.7. The second-order valence-electron chi connectivity index (χ2n) is 3.65. The lowest BCUT2D eigenvalue weighted by atomic mass is 9.93. The maximum absolute atomic E-state index is 9.29. The SMILES string of the molecule is O[C@@H]1CNC[C@H](C2CC2)C1. The predicted molar refractivity (Wildman–Crippen MR) is 39.7 cm³/mol. The fourth-order valence-electron chi connectivity index (χ4n) is 1.88. The Labute approximate surface area is 61.6 Å². The lowest BCUT2D eigenvalue weighted by Crippen LogP contribution is -2.40. The Morgan fingerprint density at radius 2 is 1.90 bits per heavy atom. The first-order chi connectivity index (χ1) is 4.86. The second kappa shape index (κ2) is 2.51. The average Bonchev–Trinajstić information content (AvgIpc) is 2.68. The molecule has 1 aliphatic carbocycles. The predicted octanol–water partition coefficient (Wildman–Crippen LogP) is 0.367. The van der Waals surface area contributed by atoms with Gasteiger partial charge in [-0.25, -0.2) is 0 Å². The third kappa shape index (κ3) is 1.32. The zero-order chi connectivity index (χ0) is 6.97. The molecule has 2 atom stereocenters. The summed E-state index contributed by atoms with van der Waals surface area (Å²) in [5, 5.41) is 12.5. The van der Waals surface area contributed by atoms with Crippen molar-refractivity contribution in [2.24, 2.45) is 11.8 Å². The largest absolute Gasteiger partial charge is 0.392 e. The van der Waals surface area contributed by atoms with Crippen molar-refractivity contribution in [1.82, 2.24) is 5.32 Å². The molecule has 2 rings (SSSR count). The van der Waals surface area contributed by atoms with Crippen LogP contribution in [0.25, 0.3) is 0 Å². The number of hydrogen-bond acceptors (Lipinski definition) is 2. The molecular weight excluding hydrogens is 126 g/mol. The van der Waals surface area contributed by atoms with Crippen LogP contribution >= 0.6 is 0 Å². The van der Waals surface area contributed by atoms with Crippen molar-refractivity contribution in [3.05, 3.63) is 0 Å². The summed E-state index contributed by atoms with van der Waals surface area (Å²) in [4.78, 5) is 0. The minimum atomic E-state index is -0.0700. The van der Waals surface area contributed by atoms with Gasteiger partial charge in [0.15, 0.2) is 0 Å². The third-order valence-corrected chi connectivity index (χ3v) is 2.65. The Morgan fingerprint density at radius 3 is 2.50 bits per heavy atom. The van der Waals surface area contributed by atoms with Gasteiger partial charge in [0, 0.05) is 6.54 Å². The molecule has 0 bridgehead atoms. The molecule has 0 radical (unpaired) electrons. The van der Waals surface area contributed by atoms with Gasteiger partial charge in [0.1, 0.15) is 0 Å². The molecule has 2 nitrogen and oxygen atoms in total. The van der Waals surface area contributed by atoms with E-state index in [2.05, 4.69) is 5.32 Å². The van der Waals surface area contributed by atoms with E-state index in [1.54, 1.807) is 0 Å². The van der Waals surface area contributed by atoms with Gasteiger partial charge in [-0.15, -0.1) is 0 Å². The molecule has 2 aliphatic rings. The van der Waals surface area contributed by atoms with Gasteiger partial charge in [0.05, 0.1) is 6.10 Å². The number of aliphatic hydroxyl groups is 1. The molecule has 0 amide bonds. The van der Waals surface area contributed by atoms with Crippen LogP contribution in [0.5, 0.6) is 0 Å². The van der Waals surface area contributed by atoms with Gasteiger partial charge in [-0.1, -0.05) is 0 Å². The Bertz CT molecular complexity index is 122. The van der Waals surface area contributed by atoms with E-state index in [0.717, 1.165) is 31.3 Å². The molecule has 2 heteroatoms. The van der Waals surface area contributed by atoms with Gasteiger partial charge in [-0.05, 0) is 37.6 Å².